The number of nitrogens with zero attached hydrogens (tertiary/aromatic N) is 2. The van der Waals surface area contributed by atoms with Crippen LogP contribution in [0.25, 0.3) is 0 Å². The van der Waals surface area contributed by atoms with Crippen LogP contribution in [0.3, 0.4) is 0 Å². The van der Waals surface area contributed by atoms with E-state index >= 15 is 0 Å². The number of ether oxygens (including phenoxy) is 2. The van der Waals surface area contributed by atoms with Crippen LogP contribution in [0, 0.1) is 13.8 Å². The molecule has 4 rings (SSSR count). The van der Waals surface area contributed by atoms with Crippen LogP contribution in [-0.2, 0) is 16.1 Å². The van der Waals surface area contributed by atoms with Gasteiger partial charge in [0, 0.05) is 13.7 Å². The van der Waals surface area contributed by atoms with Crippen LogP contribution in [0.15, 0.2) is 65.9 Å². The lowest BCUT2D eigenvalue weighted by molar-refractivity contribution is -0.130. The molecule has 2 heterocycles. The minimum atomic E-state index is -0.766. The van der Waals surface area contributed by atoms with Gasteiger partial charge in [-0.25, -0.2) is 4.98 Å². The van der Waals surface area contributed by atoms with E-state index in [0.717, 1.165) is 10.6 Å². The molecule has 1 unspecified atom stereocenters. The second-order valence-corrected chi connectivity index (χ2v) is 9.18. The molecule has 34 heavy (non-hydrogen) atoms. The van der Waals surface area contributed by atoms with Gasteiger partial charge in [0.05, 0.1) is 33.8 Å². The Morgan fingerprint density at radius 3 is 2.59 bits per heavy atom. The van der Waals surface area contributed by atoms with Crippen LogP contribution in [0.2, 0.25) is 0 Å². The van der Waals surface area contributed by atoms with Gasteiger partial charge in [-0.05, 0) is 37.1 Å². The van der Waals surface area contributed by atoms with E-state index in [1.165, 1.54) is 23.3 Å². The molecule has 0 bridgehead atoms. The topological polar surface area (TPSA) is 89.0 Å². The molecule has 0 saturated heterocycles. The molecule has 1 aliphatic rings. The summed E-state index contributed by atoms with van der Waals surface area (Å²) in [5, 5.41) is 11.5. The van der Waals surface area contributed by atoms with Gasteiger partial charge in [0.1, 0.15) is 12.4 Å². The fourth-order valence-electron chi connectivity index (χ4n) is 4.03. The number of hydrogen-bond acceptors (Lipinski definition) is 7. The second-order valence-electron chi connectivity index (χ2n) is 7.98. The number of aryl methyl sites for hydroxylation is 2. The van der Waals surface area contributed by atoms with E-state index in [4.69, 9.17) is 9.47 Å². The number of methoxy groups -OCH3 is 1. The van der Waals surface area contributed by atoms with Crippen LogP contribution >= 0.6 is 11.3 Å². The average Bonchev–Trinajstić information content (AvgIpc) is 3.31. The van der Waals surface area contributed by atoms with Crippen molar-refractivity contribution in [1.82, 2.24) is 9.88 Å². The molecule has 1 amide bonds. The normalized spacial score (nSPS) is 15.8. The Kier molecular flexibility index (Phi) is 7.09. The molecule has 7 nitrogen and oxygen atoms in total. The number of amides is 1. The Hall–Kier alpha value is -3.49. The van der Waals surface area contributed by atoms with E-state index in [9.17, 15) is 14.7 Å². The Bertz CT molecular complexity index is 1230. The lowest BCUT2D eigenvalue weighted by Crippen LogP contribution is -2.34. The van der Waals surface area contributed by atoms with Crippen molar-refractivity contribution in [2.24, 2.45) is 0 Å². The molecule has 0 aliphatic carbocycles. The maximum Gasteiger partial charge on any atom is 0.290 e. The van der Waals surface area contributed by atoms with Crippen LogP contribution in [0.1, 0.15) is 37.5 Å². The van der Waals surface area contributed by atoms with E-state index in [1.807, 2.05) is 55.5 Å². The molecule has 0 radical (unpaired) electrons. The Morgan fingerprint density at radius 1 is 1.15 bits per heavy atom. The third-order valence-corrected chi connectivity index (χ3v) is 6.69. The van der Waals surface area contributed by atoms with E-state index in [0.29, 0.717) is 28.5 Å². The summed E-state index contributed by atoms with van der Waals surface area (Å²) < 4.78 is 11.1. The molecule has 0 saturated carbocycles. The van der Waals surface area contributed by atoms with E-state index in [-0.39, 0.29) is 18.7 Å². The molecular formula is C26H26N2O5S. The summed E-state index contributed by atoms with van der Waals surface area (Å²) in [5.74, 6) is -0.926. The first kappa shape index (κ1) is 23.7. The first-order valence-electron chi connectivity index (χ1n) is 10.9. The highest BCUT2D eigenvalue weighted by molar-refractivity contribution is 7.14. The van der Waals surface area contributed by atoms with Crippen LogP contribution < -0.4 is 4.74 Å². The second kappa shape index (κ2) is 10.2. The van der Waals surface area contributed by atoms with Gasteiger partial charge in [-0.3, -0.25) is 9.59 Å². The summed E-state index contributed by atoms with van der Waals surface area (Å²) >= 11 is 1.25. The molecule has 1 atom stereocenters. The van der Waals surface area contributed by atoms with Crippen molar-refractivity contribution in [2.75, 3.05) is 20.3 Å². The molecule has 176 valence electrons. The number of ketones is 1. The predicted octanol–water partition coefficient (Wildman–Crippen LogP) is 4.56. The minimum absolute atomic E-state index is 0.0491. The number of benzene rings is 2. The Labute approximate surface area is 202 Å². The number of aliphatic hydroxyl groups excluding tert-OH is 1. The predicted molar refractivity (Wildman–Crippen MR) is 129 cm³/mol. The fraction of sp³-hybridized carbons (Fsp3) is 0.269. The van der Waals surface area contributed by atoms with Crippen molar-refractivity contribution >= 4 is 23.0 Å². The zero-order valence-corrected chi connectivity index (χ0v) is 20.1. The first-order valence-corrected chi connectivity index (χ1v) is 11.7. The average molecular weight is 479 g/mol. The number of carbonyl (C=O) groups is 2. The summed E-state index contributed by atoms with van der Waals surface area (Å²) in [4.78, 5) is 32.8. The summed E-state index contributed by atoms with van der Waals surface area (Å²) in [6.07, 6.45) is 0. The van der Waals surface area contributed by atoms with Crippen molar-refractivity contribution < 1.29 is 24.2 Å². The third-order valence-electron chi connectivity index (χ3n) is 5.62. The van der Waals surface area contributed by atoms with Crippen molar-refractivity contribution in [3.63, 3.8) is 0 Å². The number of rotatable bonds is 9. The molecule has 1 aromatic heterocycles. The van der Waals surface area contributed by atoms with Gasteiger partial charge in [-0.1, -0.05) is 42.5 Å². The van der Waals surface area contributed by atoms with Crippen LogP contribution in [-0.4, -0.2) is 46.9 Å². The summed E-state index contributed by atoms with van der Waals surface area (Å²) in [6, 6.07) is 16.3. The van der Waals surface area contributed by atoms with Gasteiger partial charge in [-0.15, -0.1) is 11.3 Å². The van der Waals surface area contributed by atoms with Crippen LogP contribution in [0.4, 0.5) is 0 Å². The van der Waals surface area contributed by atoms with Gasteiger partial charge >= 0.3 is 0 Å². The smallest absolute Gasteiger partial charge is 0.290 e. The zero-order valence-electron chi connectivity index (χ0n) is 19.3. The quantitative estimate of drug-likeness (QED) is 0.454. The van der Waals surface area contributed by atoms with Crippen molar-refractivity contribution in [2.45, 2.75) is 26.5 Å². The lowest BCUT2D eigenvalue weighted by atomic mass is 9.95. The van der Waals surface area contributed by atoms with E-state index < -0.39 is 23.5 Å². The van der Waals surface area contributed by atoms with Gasteiger partial charge in [0.2, 0.25) is 5.78 Å². The van der Waals surface area contributed by atoms with Crippen molar-refractivity contribution in [3.05, 3.63) is 92.6 Å². The minimum Gasteiger partial charge on any atom is -0.503 e. The first-order chi connectivity index (χ1) is 16.4. The molecule has 0 spiro atoms. The number of thiazole rings is 1. The summed E-state index contributed by atoms with van der Waals surface area (Å²) in [6.45, 7) is 4.43. The molecule has 0 fully saturated rings. The summed E-state index contributed by atoms with van der Waals surface area (Å²) in [7, 11) is 1.54. The number of aliphatic hydroxyl groups is 1. The standard InChI is InChI=1S/C26H26N2O5S/c1-16-25(34-17(2)27-16)23(29)21-22(28(12-13-32-3)26(31)24(21)30)19-10-7-11-20(14-19)33-15-18-8-5-4-6-9-18/h4-11,14,22,30H,12-13,15H2,1-3H3. The molecule has 1 aliphatic heterocycles. The van der Waals surface area contributed by atoms with Crippen molar-refractivity contribution in [3.8, 4) is 5.75 Å². The Balaban J connectivity index is 1.70. The highest BCUT2D eigenvalue weighted by Crippen LogP contribution is 2.40. The maximum atomic E-state index is 13.5. The number of carbonyl (C=O) groups excluding carboxylic acids is 2. The Morgan fingerprint density at radius 2 is 1.91 bits per heavy atom. The molecule has 3 aromatic rings. The molecule has 8 heteroatoms. The van der Waals surface area contributed by atoms with Crippen LogP contribution in [0.5, 0.6) is 5.75 Å². The van der Waals surface area contributed by atoms with Gasteiger partial charge < -0.3 is 19.5 Å². The summed E-state index contributed by atoms with van der Waals surface area (Å²) in [5.41, 5.74) is 2.32. The van der Waals surface area contributed by atoms with E-state index in [1.54, 1.807) is 13.0 Å². The largest absolute Gasteiger partial charge is 0.503 e. The number of Topliss-reactive ketones (excluding diaryl/α,β-unsaturated/α-hetero) is 1. The zero-order chi connectivity index (χ0) is 24.2. The molecular weight excluding hydrogens is 452 g/mol. The van der Waals surface area contributed by atoms with Gasteiger partial charge in [0.25, 0.3) is 5.91 Å². The van der Waals surface area contributed by atoms with Gasteiger partial charge in [0.15, 0.2) is 5.76 Å². The lowest BCUT2D eigenvalue weighted by Gasteiger charge is -2.26. The monoisotopic (exact) mass is 478 g/mol. The van der Waals surface area contributed by atoms with Gasteiger partial charge in [-0.2, -0.15) is 0 Å². The molecule has 1 N–H and O–H groups in total. The maximum absolute atomic E-state index is 13.5. The highest BCUT2D eigenvalue weighted by atomic mass is 32.1. The van der Waals surface area contributed by atoms with Crippen molar-refractivity contribution in [1.29, 1.82) is 0 Å². The highest BCUT2D eigenvalue weighted by Gasteiger charge is 2.44. The number of aromatic nitrogens is 1. The fourth-order valence-corrected chi connectivity index (χ4v) is 4.91. The number of hydrogen-bond donors (Lipinski definition) is 1. The van der Waals surface area contributed by atoms with E-state index in [2.05, 4.69) is 4.98 Å². The molecule has 2 aromatic carbocycles. The third kappa shape index (κ3) is 4.73. The SMILES string of the molecule is COCCN1C(=O)C(O)=C(C(=O)c2sc(C)nc2C)C1c1cccc(OCc2ccccc2)c1.